The normalized spacial score (nSPS) is 17.7. The largest absolute Gasteiger partial charge is 0.491 e. The number of para-hydroxylation sites is 2. The quantitative estimate of drug-likeness (QED) is 0.462. The second-order valence-corrected chi connectivity index (χ2v) is 8.18. The van der Waals surface area contributed by atoms with Gasteiger partial charge in [-0.1, -0.05) is 30.3 Å². The van der Waals surface area contributed by atoms with Gasteiger partial charge in [-0.05, 0) is 61.2 Å². The van der Waals surface area contributed by atoms with Gasteiger partial charge in [0.2, 0.25) is 0 Å². The summed E-state index contributed by atoms with van der Waals surface area (Å²) < 4.78 is 19.2. The topological polar surface area (TPSA) is 29.5 Å². The number of fused-ring (bicyclic) bond motifs is 3. The molecule has 4 heteroatoms. The zero-order chi connectivity index (χ0) is 17.7. The number of ether oxygens (including phenoxy) is 1. The maximum Gasteiger partial charge on any atom is 0.146 e. The molecule has 0 aliphatic carbocycles. The molecule has 2 aliphatic heterocycles. The molecule has 1 unspecified atom stereocenters. The van der Waals surface area contributed by atoms with Gasteiger partial charge in [-0.2, -0.15) is 0 Å². The van der Waals surface area contributed by atoms with E-state index in [2.05, 4.69) is 35.2 Å². The lowest BCUT2D eigenvalue weighted by atomic mass is 10.0. The molecule has 1 atom stereocenters. The summed E-state index contributed by atoms with van der Waals surface area (Å²) in [6.07, 6.45) is 2.08. The van der Waals surface area contributed by atoms with Crippen LogP contribution in [-0.2, 0) is 17.2 Å². The van der Waals surface area contributed by atoms with Crippen molar-refractivity contribution in [1.29, 1.82) is 0 Å². The van der Waals surface area contributed by atoms with Crippen LogP contribution in [0.1, 0.15) is 17.5 Å². The van der Waals surface area contributed by atoms with Crippen molar-refractivity contribution in [1.82, 2.24) is 0 Å². The predicted octanol–water partition coefficient (Wildman–Crippen LogP) is 5.27. The van der Waals surface area contributed by atoms with E-state index in [4.69, 9.17) is 4.74 Å². The Kier molecular flexibility index (Phi) is 3.61. The van der Waals surface area contributed by atoms with Gasteiger partial charge in [-0.15, -0.1) is 0 Å². The van der Waals surface area contributed by atoms with Crippen molar-refractivity contribution in [3.05, 3.63) is 71.8 Å². The van der Waals surface area contributed by atoms with Crippen LogP contribution in [0, 0.1) is 6.92 Å². The number of rotatable bonds is 1. The lowest BCUT2D eigenvalue weighted by molar-refractivity contribution is 0.289. The van der Waals surface area contributed by atoms with Crippen LogP contribution in [0.3, 0.4) is 0 Å². The molecule has 26 heavy (non-hydrogen) atoms. The first-order chi connectivity index (χ1) is 12.7. The Morgan fingerprint density at radius 2 is 1.73 bits per heavy atom. The Morgan fingerprint density at radius 1 is 0.923 bits per heavy atom. The minimum atomic E-state index is -1.18. The molecular formula is C22H19NO2S. The standard InChI is InChI=1S/C22H19NO2S/c1-15-11-12-18-21(14-15)26(24)20-10-3-2-8-17(20)23(18)19-9-4-6-16-7-5-13-25-22(16)19/h2-4,6,8-12,14H,5,7,13H2,1H3. The monoisotopic (exact) mass is 361 g/mol. The lowest BCUT2D eigenvalue weighted by Crippen LogP contribution is -2.21. The second-order valence-electron chi connectivity index (χ2n) is 6.76. The fraction of sp³-hybridized carbons (Fsp3) is 0.182. The molecule has 0 aromatic heterocycles. The summed E-state index contributed by atoms with van der Waals surface area (Å²) in [5, 5.41) is 0. The van der Waals surface area contributed by atoms with Crippen molar-refractivity contribution >= 4 is 27.9 Å². The van der Waals surface area contributed by atoms with E-state index >= 15 is 0 Å². The first-order valence-corrected chi connectivity index (χ1v) is 10.1. The Balaban J connectivity index is 1.81. The lowest BCUT2D eigenvalue weighted by Gasteiger charge is -2.35. The Hall–Kier alpha value is -2.59. The highest BCUT2D eigenvalue weighted by molar-refractivity contribution is 7.85. The predicted molar refractivity (Wildman–Crippen MR) is 104 cm³/mol. The number of nitrogens with zero attached hydrogens (tertiary/aromatic N) is 1. The summed E-state index contributed by atoms with van der Waals surface area (Å²) in [4.78, 5) is 3.91. The molecule has 0 spiro atoms. The average molecular weight is 361 g/mol. The molecule has 2 aliphatic rings. The minimum Gasteiger partial charge on any atom is -0.491 e. The zero-order valence-electron chi connectivity index (χ0n) is 14.6. The number of anilines is 3. The summed E-state index contributed by atoms with van der Waals surface area (Å²) in [6.45, 7) is 2.78. The van der Waals surface area contributed by atoms with Crippen LogP contribution >= 0.6 is 0 Å². The summed E-state index contributed by atoms with van der Waals surface area (Å²) >= 11 is 0. The number of hydrogen-bond acceptors (Lipinski definition) is 3. The fourth-order valence-electron chi connectivity index (χ4n) is 3.81. The van der Waals surface area contributed by atoms with Crippen LogP contribution in [0.2, 0.25) is 0 Å². The Bertz CT molecular complexity index is 1040. The Morgan fingerprint density at radius 3 is 2.65 bits per heavy atom. The fourth-order valence-corrected chi connectivity index (χ4v) is 5.24. The van der Waals surface area contributed by atoms with Gasteiger partial charge in [0.25, 0.3) is 0 Å². The van der Waals surface area contributed by atoms with Crippen molar-refractivity contribution in [3.8, 4) is 5.75 Å². The molecule has 0 fully saturated rings. The number of aryl methyl sites for hydroxylation is 2. The van der Waals surface area contributed by atoms with Crippen LogP contribution in [0.5, 0.6) is 5.75 Å². The van der Waals surface area contributed by atoms with Gasteiger partial charge in [0.15, 0.2) is 0 Å². The molecule has 0 N–H and O–H groups in total. The number of hydrogen-bond donors (Lipinski definition) is 0. The summed E-state index contributed by atoms with van der Waals surface area (Å²) in [7, 11) is -1.18. The van der Waals surface area contributed by atoms with Crippen LogP contribution < -0.4 is 9.64 Å². The molecule has 0 amide bonds. The van der Waals surface area contributed by atoms with Crippen LogP contribution in [0.4, 0.5) is 17.1 Å². The molecule has 0 saturated heterocycles. The summed E-state index contributed by atoms with van der Waals surface area (Å²) in [6, 6.07) is 20.5. The summed E-state index contributed by atoms with van der Waals surface area (Å²) in [5.74, 6) is 0.952. The highest BCUT2D eigenvalue weighted by atomic mass is 32.2. The maximum atomic E-state index is 13.2. The Labute approximate surface area is 155 Å². The van der Waals surface area contributed by atoms with Crippen molar-refractivity contribution < 1.29 is 8.95 Å². The van der Waals surface area contributed by atoms with Crippen molar-refractivity contribution in [2.75, 3.05) is 11.5 Å². The van der Waals surface area contributed by atoms with E-state index in [0.717, 1.165) is 57.6 Å². The van der Waals surface area contributed by atoms with E-state index in [9.17, 15) is 4.21 Å². The molecule has 130 valence electrons. The third-order valence-corrected chi connectivity index (χ3v) is 6.49. The van der Waals surface area contributed by atoms with E-state index in [0.29, 0.717) is 0 Å². The highest BCUT2D eigenvalue weighted by Gasteiger charge is 2.31. The average Bonchev–Trinajstić information content (AvgIpc) is 2.69. The minimum absolute atomic E-state index is 0.742. The molecule has 0 radical (unpaired) electrons. The van der Waals surface area contributed by atoms with Crippen LogP contribution in [-0.4, -0.2) is 10.8 Å². The molecule has 3 nitrogen and oxygen atoms in total. The first-order valence-electron chi connectivity index (χ1n) is 8.90. The van der Waals surface area contributed by atoms with E-state index < -0.39 is 10.8 Å². The molecular weight excluding hydrogens is 342 g/mol. The second kappa shape index (κ2) is 5.99. The van der Waals surface area contributed by atoms with Gasteiger partial charge < -0.3 is 9.64 Å². The maximum absolute atomic E-state index is 13.2. The SMILES string of the molecule is Cc1ccc2c(c1)S(=O)c1ccccc1N2c1cccc2c1OCCC2. The van der Waals surface area contributed by atoms with Gasteiger partial charge >= 0.3 is 0 Å². The molecule has 3 aromatic carbocycles. The number of benzene rings is 3. The molecule has 0 saturated carbocycles. The van der Waals surface area contributed by atoms with Gasteiger partial charge in [0.05, 0.1) is 44.3 Å². The van der Waals surface area contributed by atoms with Gasteiger partial charge in [-0.3, -0.25) is 0 Å². The molecule has 5 rings (SSSR count). The van der Waals surface area contributed by atoms with Gasteiger partial charge in [0, 0.05) is 0 Å². The summed E-state index contributed by atoms with van der Waals surface area (Å²) in [5.41, 5.74) is 5.31. The van der Waals surface area contributed by atoms with E-state index in [1.807, 2.05) is 37.3 Å². The molecule has 2 heterocycles. The molecule has 3 aromatic rings. The van der Waals surface area contributed by atoms with Crippen molar-refractivity contribution in [2.24, 2.45) is 0 Å². The molecule has 0 bridgehead atoms. The first kappa shape index (κ1) is 15.6. The van der Waals surface area contributed by atoms with E-state index in [1.54, 1.807) is 0 Å². The third-order valence-electron chi connectivity index (χ3n) is 5.02. The van der Waals surface area contributed by atoms with Crippen LogP contribution in [0.15, 0.2) is 70.5 Å². The van der Waals surface area contributed by atoms with Gasteiger partial charge in [0.1, 0.15) is 5.75 Å². The van der Waals surface area contributed by atoms with Gasteiger partial charge in [-0.25, -0.2) is 4.21 Å². The zero-order valence-corrected chi connectivity index (χ0v) is 15.4. The van der Waals surface area contributed by atoms with E-state index in [-0.39, 0.29) is 0 Å². The van der Waals surface area contributed by atoms with Crippen molar-refractivity contribution in [2.45, 2.75) is 29.6 Å². The smallest absolute Gasteiger partial charge is 0.146 e. The highest BCUT2D eigenvalue weighted by Crippen LogP contribution is 2.50. The van der Waals surface area contributed by atoms with Crippen LogP contribution in [0.25, 0.3) is 0 Å². The third kappa shape index (κ3) is 2.29. The van der Waals surface area contributed by atoms with E-state index in [1.165, 1.54) is 5.56 Å². The van der Waals surface area contributed by atoms with Crippen molar-refractivity contribution in [3.63, 3.8) is 0 Å².